The van der Waals surface area contributed by atoms with Crippen LogP contribution in [0.4, 0.5) is 0 Å². The van der Waals surface area contributed by atoms with Gasteiger partial charge in [-0.2, -0.15) is 0 Å². The first-order valence-corrected chi connectivity index (χ1v) is 7.31. The molecule has 2 heterocycles. The van der Waals surface area contributed by atoms with Crippen LogP contribution >= 0.6 is 15.9 Å². The maximum absolute atomic E-state index is 11.8. The van der Waals surface area contributed by atoms with Crippen molar-refractivity contribution >= 4 is 32.9 Å². The minimum atomic E-state index is -0.225. The lowest BCUT2D eigenvalue weighted by atomic mass is 10.1. The minimum absolute atomic E-state index is 0.225. The largest absolute Gasteiger partial charge is 0.444 e. The smallest absolute Gasteiger partial charge is 0.287 e. The molecule has 1 N–H and O–H groups in total. The zero-order valence-corrected chi connectivity index (χ0v) is 12.9. The Hall–Kier alpha value is -2.08. The lowest BCUT2D eigenvalue weighted by Crippen LogP contribution is -2.25. The molecule has 0 saturated carbocycles. The molecule has 5 nitrogen and oxygen atoms in total. The van der Waals surface area contributed by atoms with Gasteiger partial charge in [-0.05, 0) is 52.2 Å². The van der Waals surface area contributed by atoms with Crippen LogP contribution in [0.1, 0.15) is 22.0 Å². The lowest BCUT2D eigenvalue weighted by molar-refractivity contribution is 0.0925. The van der Waals surface area contributed by atoms with E-state index in [0.717, 1.165) is 16.7 Å². The zero-order valence-electron chi connectivity index (χ0n) is 11.4. The molecule has 3 aromatic rings. The molecule has 0 atom stereocenters. The average Bonchev–Trinajstić information content (AvgIpc) is 3.03. The van der Waals surface area contributed by atoms with Gasteiger partial charge in [-0.3, -0.25) is 4.79 Å². The highest BCUT2D eigenvalue weighted by atomic mass is 79.9. The van der Waals surface area contributed by atoms with Gasteiger partial charge in [-0.25, -0.2) is 4.98 Å². The van der Waals surface area contributed by atoms with Gasteiger partial charge in [0, 0.05) is 13.5 Å². The molecule has 0 saturated heterocycles. The van der Waals surface area contributed by atoms with E-state index in [9.17, 15) is 4.79 Å². The molecule has 108 valence electrons. The minimum Gasteiger partial charge on any atom is -0.444 e. The van der Waals surface area contributed by atoms with Crippen molar-refractivity contribution in [1.82, 2.24) is 10.3 Å². The van der Waals surface area contributed by atoms with Crippen LogP contribution in [0.5, 0.6) is 0 Å². The first-order chi connectivity index (χ1) is 10.1. The fourth-order valence-electron chi connectivity index (χ4n) is 2.08. The molecule has 2 aromatic heterocycles. The van der Waals surface area contributed by atoms with Crippen LogP contribution in [0.2, 0.25) is 0 Å². The summed E-state index contributed by atoms with van der Waals surface area (Å²) >= 11 is 3.17. The fraction of sp³-hybridized carbons (Fsp3) is 0.200. The lowest BCUT2D eigenvalue weighted by Gasteiger charge is -2.03. The Balaban J connectivity index is 1.60. The summed E-state index contributed by atoms with van der Waals surface area (Å²) in [5, 5.41) is 2.81. The van der Waals surface area contributed by atoms with E-state index in [1.807, 2.05) is 25.1 Å². The van der Waals surface area contributed by atoms with E-state index in [0.29, 0.717) is 29.3 Å². The number of aromatic nitrogens is 1. The Morgan fingerprint density at radius 1 is 1.29 bits per heavy atom. The van der Waals surface area contributed by atoms with Gasteiger partial charge >= 0.3 is 0 Å². The maximum atomic E-state index is 11.8. The Morgan fingerprint density at radius 2 is 2.14 bits per heavy atom. The summed E-state index contributed by atoms with van der Waals surface area (Å²) in [5.41, 5.74) is 2.70. The summed E-state index contributed by atoms with van der Waals surface area (Å²) in [6, 6.07) is 9.18. The van der Waals surface area contributed by atoms with Crippen LogP contribution in [-0.2, 0) is 6.42 Å². The van der Waals surface area contributed by atoms with Crippen LogP contribution < -0.4 is 5.32 Å². The third-order valence-electron chi connectivity index (χ3n) is 3.06. The van der Waals surface area contributed by atoms with Crippen LogP contribution in [0.3, 0.4) is 0 Å². The molecule has 0 aliphatic rings. The van der Waals surface area contributed by atoms with Gasteiger partial charge in [0.2, 0.25) is 0 Å². The van der Waals surface area contributed by atoms with E-state index >= 15 is 0 Å². The molecule has 1 aromatic carbocycles. The molecular formula is C15H13BrN2O3. The second-order valence-corrected chi connectivity index (χ2v) is 5.43. The molecule has 6 heteroatoms. The number of furan rings is 1. The number of rotatable bonds is 4. The third kappa shape index (κ3) is 3.16. The van der Waals surface area contributed by atoms with E-state index < -0.39 is 0 Å². The van der Waals surface area contributed by atoms with Crippen molar-refractivity contribution < 1.29 is 13.6 Å². The number of nitrogens with one attached hydrogen (secondary N) is 1. The molecule has 21 heavy (non-hydrogen) atoms. The number of hydrogen-bond donors (Lipinski definition) is 1. The third-order valence-corrected chi connectivity index (χ3v) is 3.48. The first kappa shape index (κ1) is 13.9. The Morgan fingerprint density at radius 3 is 2.90 bits per heavy atom. The monoisotopic (exact) mass is 348 g/mol. The normalized spacial score (nSPS) is 11.0. The van der Waals surface area contributed by atoms with Gasteiger partial charge in [-0.15, -0.1) is 0 Å². The van der Waals surface area contributed by atoms with E-state index in [-0.39, 0.29) is 5.91 Å². The van der Waals surface area contributed by atoms with Crippen molar-refractivity contribution in [3.8, 4) is 0 Å². The van der Waals surface area contributed by atoms with E-state index in [2.05, 4.69) is 26.2 Å². The molecule has 3 rings (SSSR count). The molecule has 0 aliphatic heterocycles. The van der Waals surface area contributed by atoms with Gasteiger partial charge in [0.1, 0.15) is 5.52 Å². The van der Waals surface area contributed by atoms with E-state index in [1.54, 1.807) is 12.1 Å². The number of hydrogen-bond acceptors (Lipinski definition) is 4. The van der Waals surface area contributed by atoms with Crippen molar-refractivity contribution in [2.75, 3.05) is 6.54 Å². The molecule has 0 bridgehead atoms. The second-order valence-electron chi connectivity index (χ2n) is 4.64. The number of aryl methyl sites for hydroxylation is 1. The van der Waals surface area contributed by atoms with Crippen molar-refractivity contribution in [2.45, 2.75) is 13.3 Å². The van der Waals surface area contributed by atoms with Crippen molar-refractivity contribution in [3.63, 3.8) is 0 Å². The number of amides is 1. The Labute approximate surface area is 129 Å². The quantitative estimate of drug-likeness (QED) is 0.783. The number of oxazole rings is 1. The summed E-state index contributed by atoms with van der Waals surface area (Å²) < 4.78 is 11.2. The first-order valence-electron chi connectivity index (χ1n) is 6.51. The van der Waals surface area contributed by atoms with Gasteiger partial charge < -0.3 is 14.2 Å². The van der Waals surface area contributed by atoms with Crippen LogP contribution in [0, 0.1) is 6.92 Å². The number of benzene rings is 1. The predicted molar refractivity (Wildman–Crippen MR) is 81.2 cm³/mol. The molecule has 0 spiro atoms. The average molecular weight is 349 g/mol. The van der Waals surface area contributed by atoms with Crippen LogP contribution in [0.25, 0.3) is 11.1 Å². The maximum Gasteiger partial charge on any atom is 0.287 e. The highest BCUT2D eigenvalue weighted by molar-refractivity contribution is 9.10. The molecular weight excluding hydrogens is 336 g/mol. The van der Waals surface area contributed by atoms with Gasteiger partial charge in [-0.1, -0.05) is 6.07 Å². The molecule has 1 amide bonds. The second kappa shape index (κ2) is 5.73. The highest BCUT2D eigenvalue weighted by Crippen LogP contribution is 2.17. The summed E-state index contributed by atoms with van der Waals surface area (Å²) in [6.07, 6.45) is 0.712. The Kier molecular flexibility index (Phi) is 3.79. The molecule has 0 radical (unpaired) electrons. The number of carbonyl (C=O) groups is 1. The topological polar surface area (TPSA) is 68.3 Å². The van der Waals surface area contributed by atoms with E-state index in [1.165, 1.54) is 0 Å². The highest BCUT2D eigenvalue weighted by Gasteiger charge is 2.09. The standard InChI is InChI=1S/C15H13BrN2O3/c1-9-18-11-3-2-10(8-13(11)20-9)6-7-17-15(19)12-4-5-14(16)21-12/h2-5,8H,6-7H2,1H3,(H,17,19). The van der Waals surface area contributed by atoms with Crippen molar-refractivity contribution in [3.05, 3.63) is 52.2 Å². The summed E-state index contributed by atoms with van der Waals surface area (Å²) in [5.74, 6) is 0.722. The number of nitrogens with zero attached hydrogens (tertiary/aromatic N) is 1. The predicted octanol–water partition coefficient (Wildman–Crippen LogP) is 3.46. The van der Waals surface area contributed by atoms with Crippen LogP contribution in [0.15, 0.2) is 43.8 Å². The number of halogens is 1. The SMILES string of the molecule is Cc1nc2ccc(CCNC(=O)c3ccc(Br)o3)cc2o1. The van der Waals surface area contributed by atoms with Gasteiger partial charge in [0.15, 0.2) is 21.9 Å². The molecule has 0 aliphatic carbocycles. The zero-order chi connectivity index (χ0) is 14.8. The molecule has 0 unspecified atom stereocenters. The van der Waals surface area contributed by atoms with Crippen molar-refractivity contribution in [1.29, 1.82) is 0 Å². The molecule has 0 fully saturated rings. The van der Waals surface area contributed by atoms with Gasteiger partial charge in [0.05, 0.1) is 0 Å². The van der Waals surface area contributed by atoms with Crippen molar-refractivity contribution in [2.24, 2.45) is 0 Å². The Bertz CT molecular complexity index is 791. The number of carbonyl (C=O) groups excluding carboxylic acids is 1. The fourth-order valence-corrected chi connectivity index (χ4v) is 2.39. The summed E-state index contributed by atoms with van der Waals surface area (Å²) in [4.78, 5) is 16.1. The summed E-state index contributed by atoms with van der Waals surface area (Å²) in [6.45, 7) is 2.34. The number of fused-ring (bicyclic) bond motifs is 1. The van der Waals surface area contributed by atoms with Crippen LogP contribution in [-0.4, -0.2) is 17.4 Å². The van der Waals surface area contributed by atoms with Gasteiger partial charge in [0.25, 0.3) is 5.91 Å². The van der Waals surface area contributed by atoms with E-state index in [4.69, 9.17) is 8.83 Å². The summed E-state index contributed by atoms with van der Waals surface area (Å²) in [7, 11) is 0.